The lowest BCUT2D eigenvalue weighted by Gasteiger charge is -2.24. The first-order valence-corrected chi connectivity index (χ1v) is 7.11. The highest BCUT2D eigenvalue weighted by molar-refractivity contribution is 9.10. The summed E-state index contributed by atoms with van der Waals surface area (Å²) in [6.45, 7) is 8.34. The van der Waals surface area contributed by atoms with Crippen LogP contribution in [0, 0.1) is 0 Å². The third kappa shape index (κ3) is 4.00. The maximum atomic E-state index is 9.60. The summed E-state index contributed by atoms with van der Waals surface area (Å²) in [5.41, 5.74) is 2.17. The molecule has 0 saturated heterocycles. The minimum absolute atomic E-state index is 0.427. The van der Waals surface area contributed by atoms with Crippen LogP contribution < -0.4 is 4.90 Å². The second-order valence-electron chi connectivity index (χ2n) is 4.37. The van der Waals surface area contributed by atoms with Crippen molar-refractivity contribution in [3.05, 3.63) is 28.2 Å². The molecule has 0 amide bonds. The average molecular weight is 300 g/mol. The van der Waals surface area contributed by atoms with Gasteiger partial charge in [0.25, 0.3) is 0 Å². The largest absolute Gasteiger partial charge is 0.389 e. The van der Waals surface area contributed by atoms with E-state index < -0.39 is 6.10 Å². The van der Waals surface area contributed by atoms with Crippen molar-refractivity contribution in [3.8, 4) is 0 Å². The van der Waals surface area contributed by atoms with Gasteiger partial charge in [0.05, 0.1) is 6.10 Å². The predicted octanol–water partition coefficient (Wildman–Crippen LogP) is 4.13. The fourth-order valence-electron chi connectivity index (χ4n) is 1.96. The molecule has 0 aliphatic carbocycles. The van der Waals surface area contributed by atoms with Crippen molar-refractivity contribution >= 4 is 21.6 Å². The number of hydrogen-bond acceptors (Lipinski definition) is 2. The Morgan fingerprint density at radius 1 is 1.24 bits per heavy atom. The van der Waals surface area contributed by atoms with E-state index in [1.807, 2.05) is 6.07 Å². The SMILES string of the molecule is CCCN(CCC)c1ccc([C@H](C)O)c(Br)c1. The van der Waals surface area contributed by atoms with Crippen LogP contribution >= 0.6 is 15.9 Å². The van der Waals surface area contributed by atoms with Gasteiger partial charge in [-0.3, -0.25) is 0 Å². The number of nitrogens with zero attached hydrogens (tertiary/aromatic N) is 1. The molecule has 0 spiro atoms. The van der Waals surface area contributed by atoms with Crippen LogP contribution in [0.25, 0.3) is 0 Å². The minimum Gasteiger partial charge on any atom is -0.389 e. The number of rotatable bonds is 6. The van der Waals surface area contributed by atoms with Gasteiger partial charge in [-0.2, -0.15) is 0 Å². The molecule has 2 nitrogen and oxygen atoms in total. The zero-order valence-corrected chi connectivity index (χ0v) is 12.5. The van der Waals surface area contributed by atoms with Gasteiger partial charge in [-0.25, -0.2) is 0 Å². The molecule has 0 aromatic heterocycles. The summed E-state index contributed by atoms with van der Waals surface area (Å²) in [4.78, 5) is 2.39. The van der Waals surface area contributed by atoms with Crippen molar-refractivity contribution in [2.45, 2.75) is 39.7 Å². The molecule has 0 heterocycles. The minimum atomic E-state index is -0.427. The maximum Gasteiger partial charge on any atom is 0.0772 e. The standard InChI is InChI=1S/C14H22BrNO/c1-4-8-16(9-5-2)12-6-7-13(11(3)17)14(15)10-12/h6-7,10-11,17H,4-5,8-9H2,1-3H3/t11-/m0/s1. The lowest BCUT2D eigenvalue weighted by atomic mass is 10.1. The molecule has 1 atom stereocenters. The fraction of sp³-hybridized carbons (Fsp3) is 0.571. The Hall–Kier alpha value is -0.540. The Morgan fingerprint density at radius 2 is 1.82 bits per heavy atom. The first-order valence-electron chi connectivity index (χ1n) is 6.32. The molecule has 0 aliphatic heterocycles. The number of anilines is 1. The van der Waals surface area contributed by atoms with E-state index in [0.717, 1.165) is 36.0 Å². The number of aliphatic hydroxyl groups excluding tert-OH is 1. The molecule has 17 heavy (non-hydrogen) atoms. The van der Waals surface area contributed by atoms with E-state index in [9.17, 15) is 5.11 Å². The van der Waals surface area contributed by atoms with Gasteiger partial charge in [-0.15, -0.1) is 0 Å². The number of benzene rings is 1. The zero-order valence-electron chi connectivity index (χ0n) is 10.9. The van der Waals surface area contributed by atoms with Gasteiger partial charge in [0, 0.05) is 23.2 Å². The molecule has 3 heteroatoms. The Labute approximate surface area is 113 Å². The smallest absolute Gasteiger partial charge is 0.0772 e. The molecule has 96 valence electrons. The molecule has 1 aromatic carbocycles. The van der Waals surface area contributed by atoms with E-state index in [-0.39, 0.29) is 0 Å². The highest BCUT2D eigenvalue weighted by atomic mass is 79.9. The molecule has 1 rings (SSSR count). The van der Waals surface area contributed by atoms with E-state index in [2.05, 4.69) is 46.8 Å². The molecule has 1 aromatic rings. The average Bonchev–Trinajstić information content (AvgIpc) is 2.28. The lowest BCUT2D eigenvalue weighted by molar-refractivity contribution is 0.198. The third-order valence-corrected chi connectivity index (χ3v) is 3.47. The van der Waals surface area contributed by atoms with Crippen LogP contribution in [0.5, 0.6) is 0 Å². The summed E-state index contributed by atoms with van der Waals surface area (Å²) in [5, 5.41) is 9.60. The molecule has 0 unspecified atom stereocenters. The summed E-state index contributed by atoms with van der Waals surface area (Å²) in [5.74, 6) is 0. The molecule has 0 fully saturated rings. The summed E-state index contributed by atoms with van der Waals surface area (Å²) >= 11 is 3.53. The topological polar surface area (TPSA) is 23.5 Å². The van der Waals surface area contributed by atoms with Crippen molar-refractivity contribution in [3.63, 3.8) is 0 Å². The Balaban J connectivity index is 2.93. The second kappa shape index (κ2) is 7.02. The Morgan fingerprint density at radius 3 is 2.24 bits per heavy atom. The number of aliphatic hydroxyl groups is 1. The molecule has 0 bridgehead atoms. The van der Waals surface area contributed by atoms with Gasteiger partial charge in [-0.1, -0.05) is 35.8 Å². The van der Waals surface area contributed by atoms with E-state index in [4.69, 9.17) is 0 Å². The Kier molecular flexibility index (Phi) is 6.00. The highest BCUT2D eigenvalue weighted by Crippen LogP contribution is 2.28. The van der Waals surface area contributed by atoms with E-state index in [1.54, 1.807) is 6.92 Å². The monoisotopic (exact) mass is 299 g/mol. The second-order valence-corrected chi connectivity index (χ2v) is 5.22. The first-order chi connectivity index (χ1) is 8.10. The molecular formula is C14H22BrNO. The summed E-state index contributed by atoms with van der Waals surface area (Å²) in [6.07, 6.45) is 1.87. The summed E-state index contributed by atoms with van der Waals surface area (Å²) in [6, 6.07) is 6.20. The van der Waals surface area contributed by atoms with Crippen molar-refractivity contribution in [1.82, 2.24) is 0 Å². The molecule has 1 N–H and O–H groups in total. The highest BCUT2D eigenvalue weighted by Gasteiger charge is 2.10. The summed E-state index contributed by atoms with van der Waals surface area (Å²) < 4.78 is 0.988. The van der Waals surface area contributed by atoms with E-state index >= 15 is 0 Å². The van der Waals surface area contributed by atoms with Gasteiger partial charge in [0.15, 0.2) is 0 Å². The number of hydrogen-bond donors (Lipinski definition) is 1. The van der Waals surface area contributed by atoms with Crippen LogP contribution in [0.4, 0.5) is 5.69 Å². The molecule has 0 saturated carbocycles. The predicted molar refractivity (Wildman–Crippen MR) is 77.6 cm³/mol. The van der Waals surface area contributed by atoms with Crippen molar-refractivity contribution in [2.75, 3.05) is 18.0 Å². The van der Waals surface area contributed by atoms with Crippen LogP contribution in [0.3, 0.4) is 0 Å². The third-order valence-electron chi connectivity index (χ3n) is 2.79. The Bertz CT molecular complexity index is 346. The van der Waals surface area contributed by atoms with Crippen LogP contribution in [0.2, 0.25) is 0 Å². The quantitative estimate of drug-likeness (QED) is 0.854. The summed E-state index contributed by atoms with van der Waals surface area (Å²) in [7, 11) is 0. The van der Waals surface area contributed by atoms with Gasteiger partial charge < -0.3 is 10.0 Å². The molecule has 0 aliphatic rings. The van der Waals surface area contributed by atoms with E-state index in [1.165, 1.54) is 5.69 Å². The van der Waals surface area contributed by atoms with Crippen molar-refractivity contribution < 1.29 is 5.11 Å². The van der Waals surface area contributed by atoms with Gasteiger partial charge >= 0.3 is 0 Å². The van der Waals surface area contributed by atoms with Crippen molar-refractivity contribution in [1.29, 1.82) is 0 Å². The maximum absolute atomic E-state index is 9.60. The zero-order chi connectivity index (χ0) is 12.8. The van der Waals surface area contributed by atoms with Crippen LogP contribution in [0.1, 0.15) is 45.3 Å². The van der Waals surface area contributed by atoms with Crippen LogP contribution in [0.15, 0.2) is 22.7 Å². The number of halogens is 1. The van der Waals surface area contributed by atoms with E-state index in [0.29, 0.717) is 0 Å². The normalized spacial score (nSPS) is 12.5. The molecular weight excluding hydrogens is 278 g/mol. The van der Waals surface area contributed by atoms with Gasteiger partial charge in [-0.05, 0) is 37.5 Å². The van der Waals surface area contributed by atoms with Gasteiger partial charge in [0.2, 0.25) is 0 Å². The van der Waals surface area contributed by atoms with Gasteiger partial charge in [0.1, 0.15) is 0 Å². The van der Waals surface area contributed by atoms with Crippen LogP contribution in [-0.4, -0.2) is 18.2 Å². The lowest BCUT2D eigenvalue weighted by Crippen LogP contribution is -2.24. The van der Waals surface area contributed by atoms with Crippen LogP contribution in [-0.2, 0) is 0 Å². The fourth-order valence-corrected chi connectivity index (χ4v) is 2.66. The van der Waals surface area contributed by atoms with Crippen molar-refractivity contribution in [2.24, 2.45) is 0 Å². The molecule has 0 radical (unpaired) electrons. The first kappa shape index (κ1) is 14.5.